The Morgan fingerprint density at radius 3 is 2.78 bits per heavy atom. The predicted molar refractivity (Wildman–Crippen MR) is 71.3 cm³/mol. The average molecular weight is 246 g/mol. The normalized spacial score (nSPS) is 12.9. The molecule has 96 valence electrons. The number of benzene rings is 1. The molecular weight excluding hydrogens is 228 g/mol. The third-order valence-corrected chi connectivity index (χ3v) is 3.02. The fourth-order valence-corrected chi connectivity index (χ4v) is 1.79. The first kappa shape index (κ1) is 12.6. The van der Waals surface area contributed by atoms with Gasteiger partial charge in [0.25, 0.3) is 5.91 Å². The van der Waals surface area contributed by atoms with Crippen molar-refractivity contribution in [3.63, 3.8) is 0 Å². The molecule has 1 amide bonds. The Morgan fingerprint density at radius 2 is 2.17 bits per heavy atom. The van der Waals surface area contributed by atoms with Gasteiger partial charge in [0, 0.05) is 12.6 Å². The fourth-order valence-electron chi connectivity index (χ4n) is 1.79. The van der Waals surface area contributed by atoms with Crippen LogP contribution in [0.2, 0.25) is 0 Å². The summed E-state index contributed by atoms with van der Waals surface area (Å²) in [6, 6.07) is 5.25. The number of carbonyl (C=O) groups is 1. The Morgan fingerprint density at radius 1 is 1.44 bits per heavy atom. The van der Waals surface area contributed by atoms with Crippen LogP contribution in [0.4, 0.5) is 0 Å². The lowest BCUT2D eigenvalue weighted by Crippen LogP contribution is -2.18. The molecule has 2 rings (SSSR count). The van der Waals surface area contributed by atoms with Gasteiger partial charge in [-0.3, -0.25) is 4.79 Å². The van der Waals surface area contributed by atoms with E-state index in [2.05, 4.69) is 15.3 Å². The highest BCUT2D eigenvalue weighted by molar-refractivity contribution is 5.97. The van der Waals surface area contributed by atoms with Gasteiger partial charge < -0.3 is 16.0 Å². The van der Waals surface area contributed by atoms with Crippen molar-refractivity contribution in [3.8, 4) is 0 Å². The van der Waals surface area contributed by atoms with Crippen molar-refractivity contribution in [2.24, 2.45) is 11.7 Å². The average Bonchev–Trinajstić information content (AvgIpc) is 2.79. The number of rotatable bonds is 3. The van der Waals surface area contributed by atoms with E-state index in [1.807, 2.05) is 19.9 Å². The zero-order chi connectivity index (χ0) is 13.3. The zero-order valence-corrected chi connectivity index (χ0v) is 10.8. The maximum absolute atomic E-state index is 11.5. The van der Waals surface area contributed by atoms with E-state index in [0.29, 0.717) is 11.5 Å². The van der Waals surface area contributed by atoms with Crippen LogP contribution in [0, 0.1) is 5.92 Å². The van der Waals surface area contributed by atoms with E-state index in [1.165, 1.54) is 0 Å². The summed E-state index contributed by atoms with van der Waals surface area (Å²) in [7, 11) is 1.61. The molecule has 1 aromatic carbocycles. The van der Waals surface area contributed by atoms with Gasteiger partial charge in [-0.1, -0.05) is 13.8 Å². The topological polar surface area (TPSA) is 83.8 Å². The number of carbonyl (C=O) groups excluding carboxylic acids is 1. The first-order valence-electron chi connectivity index (χ1n) is 6.00. The van der Waals surface area contributed by atoms with Crippen LogP contribution in [0.15, 0.2) is 18.2 Å². The van der Waals surface area contributed by atoms with Crippen molar-refractivity contribution in [2.75, 3.05) is 7.05 Å². The van der Waals surface area contributed by atoms with Crippen molar-refractivity contribution in [3.05, 3.63) is 29.6 Å². The van der Waals surface area contributed by atoms with Gasteiger partial charge in [0.2, 0.25) is 0 Å². The molecule has 5 heteroatoms. The summed E-state index contributed by atoms with van der Waals surface area (Å²) in [5.74, 6) is 0.958. The molecule has 0 bridgehead atoms. The second-order valence-corrected chi connectivity index (χ2v) is 4.70. The molecule has 0 fully saturated rings. The summed E-state index contributed by atoms with van der Waals surface area (Å²) >= 11 is 0. The van der Waals surface area contributed by atoms with Crippen molar-refractivity contribution in [2.45, 2.75) is 19.9 Å². The summed E-state index contributed by atoms with van der Waals surface area (Å²) in [5, 5.41) is 2.60. The zero-order valence-electron chi connectivity index (χ0n) is 10.8. The summed E-state index contributed by atoms with van der Waals surface area (Å²) in [5.41, 5.74) is 8.33. The number of imidazole rings is 1. The molecule has 1 unspecified atom stereocenters. The summed E-state index contributed by atoms with van der Waals surface area (Å²) < 4.78 is 0. The molecule has 1 atom stereocenters. The van der Waals surface area contributed by atoms with Crippen LogP contribution in [0.1, 0.15) is 36.1 Å². The highest BCUT2D eigenvalue weighted by atomic mass is 16.1. The summed E-state index contributed by atoms with van der Waals surface area (Å²) in [6.07, 6.45) is 0. The molecule has 0 radical (unpaired) electrons. The largest absolute Gasteiger partial charge is 0.355 e. The van der Waals surface area contributed by atoms with E-state index in [-0.39, 0.29) is 11.9 Å². The van der Waals surface area contributed by atoms with Crippen LogP contribution in [-0.4, -0.2) is 22.9 Å². The summed E-state index contributed by atoms with van der Waals surface area (Å²) in [6.45, 7) is 4.10. The minimum absolute atomic E-state index is 0.110. The van der Waals surface area contributed by atoms with Crippen LogP contribution in [-0.2, 0) is 0 Å². The number of amides is 1. The smallest absolute Gasteiger partial charge is 0.251 e. The van der Waals surface area contributed by atoms with Crippen LogP contribution in [0.5, 0.6) is 0 Å². The molecule has 0 spiro atoms. The number of aromatic amines is 1. The van der Waals surface area contributed by atoms with E-state index in [4.69, 9.17) is 5.73 Å². The standard InChI is InChI=1S/C13H18N4O/c1-7(2)11(14)12-16-9-5-4-8(13(18)15-3)6-10(9)17-12/h4-7,11H,14H2,1-3H3,(H,15,18)(H,16,17). The molecule has 0 saturated heterocycles. The lowest BCUT2D eigenvalue weighted by Gasteiger charge is -2.11. The predicted octanol–water partition coefficient (Wildman–Crippen LogP) is 1.58. The monoisotopic (exact) mass is 246 g/mol. The second kappa shape index (κ2) is 4.78. The Balaban J connectivity index is 2.42. The first-order valence-corrected chi connectivity index (χ1v) is 6.00. The molecule has 18 heavy (non-hydrogen) atoms. The van der Waals surface area contributed by atoms with E-state index >= 15 is 0 Å². The Kier molecular flexibility index (Phi) is 3.34. The lowest BCUT2D eigenvalue weighted by atomic mass is 10.1. The first-order chi connectivity index (χ1) is 8.52. The SMILES string of the molecule is CNC(=O)c1ccc2nc(C(N)C(C)C)[nH]c2c1. The van der Waals surface area contributed by atoms with E-state index in [0.717, 1.165) is 16.9 Å². The maximum atomic E-state index is 11.5. The molecular formula is C13H18N4O. The van der Waals surface area contributed by atoms with Gasteiger partial charge in [-0.2, -0.15) is 0 Å². The highest BCUT2D eigenvalue weighted by Crippen LogP contribution is 2.20. The molecule has 5 nitrogen and oxygen atoms in total. The lowest BCUT2D eigenvalue weighted by molar-refractivity contribution is 0.0963. The van der Waals surface area contributed by atoms with E-state index in [9.17, 15) is 4.79 Å². The van der Waals surface area contributed by atoms with Gasteiger partial charge in [-0.25, -0.2) is 4.98 Å². The van der Waals surface area contributed by atoms with Crippen LogP contribution in [0.25, 0.3) is 11.0 Å². The van der Waals surface area contributed by atoms with Gasteiger partial charge in [0.05, 0.1) is 17.1 Å². The molecule has 0 saturated carbocycles. The minimum Gasteiger partial charge on any atom is -0.355 e. The molecule has 2 aromatic rings. The van der Waals surface area contributed by atoms with Gasteiger partial charge in [0.1, 0.15) is 5.82 Å². The molecule has 1 aromatic heterocycles. The number of H-pyrrole nitrogens is 1. The number of nitrogens with two attached hydrogens (primary N) is 1. The van der Waals surface area contributed by atoms with Crippen LogP contribution in [0.3, 0.4) is 0 Å². The van der Waals surface area contributed by atoms with Gasteiger partial charge in [-0.05, 0) is 24.1 Å². The number of hydrogen-bond acceptors (Lipinski definition) is 3. The molecule has 4 N–H and O–H groups in total. The van der Waals surface area contributed by atoms with Gasteiger partial charge in [-0.15, -0.1) is 0 Å². The minimum atomic E-state index is -0.124. The number of nitrogens with zero attached hydrogens (tertiary/aromatic N) is 1. The van der Waals surface area contributed by atoms with Crippen molar-refractivity contribution in [1.29, 1.82) is 0 Å². The highest BCUT2D eigenvalue weighted by Gasteiger charge is 2.15. The molecule has 0 aliphatic rings. The number of hydrogen-bond donors (Lipinski definition) is 3. The fraction of sp³-hybridized carbons (Fsp3) is 0.385. The van der Waals surface area contributed by atoms with Crippen LogP contribution >= 0.6 is 0 Å². The van der Waals surface area contributed by atoms with Gasteiger partial charge >= 0.3 is 0 Å². The number of fused-ring (bicyclic) bond motifs is 1. The Bertz CT molecular complexity index is 573. The van der Waals surface area contributed by atoms with Crippen molar-refractivity contribution >= 4 is 16.9 Å². The molecule has 1 heterocycles. The van der Waals surface area contributed by atoms with E-state index in [1.54, 1.807) is 19.2 Å². The third-order valence-electron chi connectivity index (χ3n) is 3.02. The molecule has 0 aliphatic heterocycles. The van der Waals surface area contributed by atoms with Crippen LogP contribution < -0.4 is 11.1 Å². The number of nitrogens with one attached hydrogen (secondary N) is 2. The molecule has 0 aliphatic carbocycles. The number of aromatic nitrogens is 2. The summed E-state index contributed by atoms with van der Waals surface area (Å²) in [4.78, 5) is 19.2. The second-order valence-electron chi connectivity index (χ2n) is 4.70. The van der Waals surface area contributed by atoms with E-state index < -0.39 is 0 Å². The Labute approximate surface area is 106 Å². The Hall–Kier alpha value is -1.88. The quantitative estimate of drug-likeness (QED) is 0.768. The van der Waals surface area contributed by atoms with Crippen molar-refractivity contribution < 1.29 is 4.79 Å². The third kappa shape index (κ3) is 2.22. The maximum Gasteiger partial charge on any atom is 0.251 e. The van der Waals surface area contributed by atoms with Crippen molar-refractivity contribution in [1.82, 2.24) is 15.3 Å². The van der Waals surface area contributed by atoms with Gasteiger partial charge in [0.15, 0.2) is 0 Å².